The molecule has 16 heavy (non-hydrogen) atoms. The zero-order chi connectivity index (χ0) is 12.0. The van der Waals surface area contributed by atoms with Gasteiger partial charge in [0.05, 0.1) is 18.9 Å². The fraction of sp³-hybridized carbons (Fsp3) is 0.500. The summed E-state index contributed by atoms with van der Waals surface area (Å²) in [5, 5.41) is 12.5. The zero-order valence-electron chi connectivity index (χ0n) is 9.09. The highest BCUT2D eigenvalue weighted by Gasteiger charge is 2.07. The molecule has 1 unspecified atom stereocenters. The fourth-order valence-corrected chi connectivity index (χ4v) is 1.10. The van der Waals surface area contributed by atoms with E-state index in [1.807, 2.05) is 6.07 Å². The van der Waals surface area contributed by atoms with Crippen LogP contribution in [-0.4, -0.2) is 22.9 Å². The van der Waals surface area contributed by atoms with Gasteiger partial charge in [-0.15, -0.1) is 0 Å². The molecule has 0 fully saturated rings. The van der Waals surface area contributed by atoms with Gasteiger partial charge in [-0.25, -0.2) is 4.68 Å². The molecule has 0 saturated heterocycles. The molecular weight excluding hydrogens is 208 g/mol. The smallest absolute Gasteiger partial charge is 0.271 e. The van der Waals surface area contributed by atoms with Crippen molar-refractivity contribution in [2.45, 2.75) is 19.4 Å². The summed E-state index contributed by atoms with van der Waals surface area (Å²) in [5.41, 5.74) is 4.96. The van der Waals surface area contributed by atoms with Crippen LogP contribution < -0.4 is 16.0 Å². The molecule has 86 valence electrons. The largest absolute Gasteiger partial charge is 0.492 e. The number of nitrogens with two attached hydrogens (primary N) is 1. The highest BCUT2D eigenvalue weighted by molar-refractivity contribution is 5.14. The van der Waals surface area contributed by atoms with E-state index >= 15 is 0 Å². The SMILES string of the molecule is CC(C#N)n1ncc(OCCCN)cc1=O. The van der Waals surface area contributed by atoms with Crippen LogP contribution in [0, 0.1) is 11.3 Å². The quantitative estimate of drug-likeness (QED) is 0.711. The standard InChI is InChI=1S/C10H14N4O2/c1-8(6-12)14-10(15)5-9(7-13-14)16-4-2-3-11/h5,7-8H,2-4,11H2,1H3. The molecule has 0 spiro atoms. The van der Waals surface area contributed by atoms with E-state index in [4.69, 9.17) is 15.7 Å². The fourth-order valence-electron chi connectivity index (χ4n) is 1.10. The molecule has 1 rings (SSSR count). The molecule has 2 N–H and O–H groups in total. The molecule has 1 aromatic rings. The molecule has 0 radical (unpaired) electrons. The van der Waals surface area contributed by atoms with Crippen molar-refractivity contribution in [3.8, 4) is 11.8 Å². The van der Waals surface area contributed by atoms with Gasteiger partial charge < -0.3 is 10.5 Å². The van der Waals surface area contributed by atoms with E-state index in [9.17, 15) is 4.79 Å². The van der Waals surface area contributed by atoms with Crippen LogP contribution in [0.3, 0.4) is 0 Å². The second kappa shape index (κ2) is 5.88. The molecule has 0 aliphatic rings. The number of hydrogen-bond acceptors (Lipinski definition) is 5. The highest BCUT2D eigenvalue weighted by atomic mass is 16.5. The van der Waals surface area contributed by atoms with Crippen LogP contribution >= 0.6 is 0 Å². The maximum absolute atomic E-state index is 11.5. The van der Waals surface area contributed by atoms with Crippen LogP contribution in [0.5, 0.6) is 5.75 Å². The van der Waals surface area contributed by atoms with E-state index < -0.39 is 6.04 Å². The van der Waals surface area contributed by atoms with Gasteiger partial charge >= 0.3 is 0 Å². The minimum absolute atomic E-state index is 0.348. The summed E-state index contributed by atoms with van der Waals surface area (Å²) in [5.74, 6) is 0.403. The summed E-state index contributed by atoms with van der Waals surface area (Å²) >= 11 is 0. The first kappa shape index (κ1) is 12.2. The van der Waals surface area contributed by atoms with Crippen LogP contribution in [-0.2, 0) is 0 Å². The van der Waals surface area contributed by atoms with Crippen molar-refractivity contribution in [2.75, 3.05) is 13.2 Å². The Kier molecular flexibility index (Phi) is 4.48. The number of rotatable bonds is 5. The topological polar surface area (TPSA) is 93.9 Å². The Morgan fingerprint density at radius 3 is 3.06 bits per heavy atom. The molecule has 0 saturated carbocycles. The molecular formula is C10H14N4O2. The summed E-state index contributed by atoms with van der Waals surface area (Å²) in [4.78, 5) is 11.5. The maximum Gasteiger partial charge on any atom is 0.271 e. The first-order chi connectivity index (χ1) is 7.69. The Hall–Kier alpha value is -1.87. The van der Waals surface area contributed by atoms with Gasteiger partial charge in [-0.2, -0.15) is 10.4 Å². The molecule has 0 amide bonds. The molecule has 0 bridgehead atoms. The second-order valence-corrected chi connectivity index (χ2v) is 3.27. The van der Waals surface area contributed by atoms with Crippen molar-refractivity contribution in [2.24, 2.45) is 5.73 Å². The van der Waals surface area contributed by atoms with Crippen molar-refractivity contribution >= 4 is 0 Å². The van der Waals surface area contributed by atoms with Crippen LogP contribution in [0.1, 0.15) is 19.4 Å². The monoisotopic (exact) mass is 222 g/mol. The third-order valence-electron chi connectivity index (χ3n) is 1.97. The number of hydrogen-bond donors (Lipinski definition) is 1. The number of ether oxygens (including phenoxy) is 1. The molecule has 1 heterocycles. The summed E-state index contributed by atoms with van der Waals surface area (Å²) in [7, 11) is 0. The van der Waals surface area contributed by atoms with Gasteiger partial charge in [0.2, 0.25) is 0 Å². The Labute approximate surface area is 93.2 Å². The Bertz CT molecular complexity index is 435. The Balaban J connectivity index is 2.76. The first-order valence-electron chi connectivity index (χ1n) is 5.00. The van der Waals surface area contributed by atoms with Crippen LogP contribution in [0.15, 0.2) is 17.1 Å². The summed E-state index contributed by atoms with van der Waals surface area (Å²) in [6.45, 7) is 2.59. The predicted molar refractivity (Wildman–Crippen MR) is 58.0 cm³/mol. The minimum Gasteiger partial charge on any atom is -0.492 e. The van der Waals surface area contributed by atoms with Crippen molar-refractivity contribution in [1.82, 2.24) is 9.78 Å². The predicted octanol–water partition coefficient (Wildman–Crippen LogP) is 0.0555. The minimum atomic E-state index is -0.578. The molecule has 1 aromatic heterocycles. The zero-order valence-corrected chi connectivity index (χ0v) is 9.09. The van der Waals surface area contributed by atoms with Gasteiger partial charge in [-0.1, -0.05) is 0 Å². The third-order valence-corrected chi connectivity index (χ3v) is 1.97. The van der Waals surface area contributed by atoms with Crippen molar-refractivity contribution in [3.63, 3.8) is 0 Å². The lowest BCUT2D eigenvalue weighted by molar-refractivity contribution is 0.309. The Morgan fingerprint density at radius 2 is 2.50 bits per heavy atom. The van der Waals surface area contributed by atoms with Gasteiger partial charge in [0.1, 0.15) is 11.8 Å². The van der Waals surface area contributed by atoms with E-state index in [-0.39, 0.29) is 5.56 Å². The van der Waals surface area contributed by atoms with Gasteiger partial charge in [0, 0.05) is 6.07 Å². The molecule has 6 nitrogen and oxygen atoms in total. The van der Waals surface area contributed by atoms with E-state index in [1.165, 1.54) is 12.3 Å². The second-order valence-electron chi connectivity index (χ2n) is 3.27. The molecule has 0 aliphatic carbocycles. The Morgan fingerprint density at radius 1 is 1.75 bits per heavy atom. The van der Waals surface area contributed by atoms with E-state index in [1.54, 1.807) is 6.92 Å². The van der Waals surface area contributed by atoms with Crippen LogP contribution in [0.4, 0.5) is 0 Å². The lowest BCUT2D eigenvalue weighted by Gasteiger charge is -2.08. The first-order valence-corrected chi connectivity index (χ1v) is 5.00. The number of aromatic nitrogens is 2. The van der Waals surface area contributed by atoms with E-state index in [2.05, 4.69) is 5.10 Å². The van der Waals surface area contributed by atoms with Gasteiger partial charge in [0.25, 0.3) is 5.56 Å². The molecule has 0 aromatic carbocycles. The van der Waals surface area contributed by atoms with E-state index in [0.29, 0.717) is 18.9 Å². The normalized spacial score (nSPS) is 11.8. The number of nitrogens with zero attached hydrogens (tertiary/aromatic N) is 3. The lowest BCUT2D eigenvalue weighted by Crippen LogP contribution is -2.24. The van der Waals surface area contributed by atoms with Crippen molar-refractivity contribution < 1.29 is 4.74 Å². The van der Waals surface area contributed by atoms with Crippen molar-refractivity contribution in [3.05, 3.63) is 22.6 Å². The summed E-state index contributed by atoms with van der Waals surface area (Å²) in [6.07, 6.45) is 2.14. The van der Waals surface area contributed by atoms with Gasteiger partial charge in [-0.3, -0.25) is 4.79 Å². The van der Waals surface area contributed by atoms with E-state index in [0.717, 1.165) is 11.1 Å². The van der Waals surface area contributed by atoms with Crippen LogP contribution in [0.2, 0.25) is 0 Å². The van der Waals surface area contributed by atoms with Crippen LogP contribution in [0.25, 0.3) is 0 Å². The highest BCUT2D eigenvalue weighted by Crippen LogP contribution is 2.05. The molecule has 0 aliphatic heterocycles. The van der Waals surface area contributed by atoms with Crippen molar-refractivity contribution in [1.29, 1.82) is 5.26 Å². The molecule has 1 atom stereocenters. The van der Waals surface area contributed by atoms with Gasteiger partial charge in [-0.05, 0) is 19.9 Å². The third kappa shape index (κ3) is 3.07. The average molecular weight is 222 g/mol. The maximum atomic E-state index is 11.5. The average Bonchev–Trinajstić information content (AvgIpc) is 2.29. The summed E-state index contributed by atoms with van der Waals surface area (Å²) in [6, 6.07) is 2.68. The number of nitriles is 1. The molecule has 6 heteroatoms. The summed E-state index contributed by atoms with van der Waals surface area (Å²) < 4.78 is 6.36. The lowest BCUT2D eigenvalue weighted by atomic mass is 10.4. The van der Waals surface area contributed by atoms with Gasteiger partial charge in [0.15, 0.2) is 0 Å².